The Hall–Kier alpha value is -1.89. The molecule has 0 radical (unpaired) electrons. The predicted molar refractivity (Wildman–Crippen MR) is 76.7 cm³/mol. The lowest BCUT2D eigenvalue weighted by Gasteiger charge is -2.19. The fraction of sp³-hybridized carbons (Fsp3) is 0.500. The molecule has 0 aromatic carbocycles. The highest BCUT2D eigenvalue weighted by Gasteiger charge is 2.27. The molecule has 1 heterocycles. The lowest BCUT2D eigenvalue weighted by Crippen LogP contribution is -2.42. The van der Waals surface area contributed by atoms with Crippen LogP contribution in [0.3, 0.4) is 0 Å². The van der Waals surface area contributed by atoms with E-state index in [2.05, 4.69) is 12.2 Å². The summed E-state index contributed by atoms with van der Waals surface area (Å²) in [7, 11) is 0. The molecule has 7 heteroatoms. The number of carboxylic acid groups (broad SMARTS) is 2. The zero-order chi connectivity index (χ0) is 15.6. The van der Waals surface area contributed by atoms with Crippen molar-refractivity contribution in [3.8, 4) is 0 Å². The maximum absolute atomic E-state index is 12.2. The van der Waals surface area contributed by atoms with Crippen LogP contribution in [0.1, 0.15) is 40.6 Å². The smallest absolute Gasteiger partial charge is 0.326 e. The minimum atomic E-state index is -1.41. The van der Waals surface area contributed by atoms with Crippen molar-refractivity contribution in [2.45, 2.75) is 38.6 Å². The average molecular weight is 311 g/mol. The van der Waals surface area contributed by atoms with Crippen molar-refractivity contribution in [2.75, 3.05) is 0 Å². The average Bonchev–Trinajstić information content (AvgIpc) is 2.80. The van der Waals surface area contributed by atoms with Crippen molar-refractivity contribution in [1.82, 2.24) is 5.32 Å². The zero-order valence-electron chi connectivity index (χ0n) is 11.6. The fourth-order valence-corrected chi connectivity index (χ4v) is 3.72. The molecule has 1 amide bonds. The van der Waals surface area contributed by atoms with Crippen LogP contribution < -0.4 is 5.32 Å². The van der Waals surface area contributed by atoms with Crippen LogP contribution in [0.25, 0.3) is 0 Å². The number of carbonyl (C=O) groups is 3. The SMILES string of the molecule is CC1CCc2c(C(=O)N[C@H](CC(=O)O)C(=O)O)csc2C1. The lowest BCUT2D eigenvalue weighted by atomic mass is 9.88. The summed E-state index contributed by atoms with van der Waals surface area (Å²) in [5, 5.41) is 21.7. The van der Waals surface area contributed by atoms with Crippen molar-refractivity contribution >= 4 is 29.2 Å². The molecule has 1 aliphatic rings. The van der Waals surface area contributed by atoms with Gasteiger partial charge in [0.1, 0.15) is 6.04 Å². The summed E-state index contributed by atoms with van der Waals surface area (Å²) in [5.74, 6) is -2.52. The standard InChI is InChI=1S/C14H17NO5S/c1-7-2-3-8-9(6-21-11(8)4-7)13(18)15-10(14(19)20)5-12(16)17/h6-7,10H,2-5H2,1H3,(H,15,18)(H,16,17)(H,19,20)/t7?,10-/m1/s1. The van der Waals surface area contributed by atoms with Crippen LogP contribution in [0.5, 0.6) is 0 Å². The maximum atomic E-state index is 12.2. The van der Waals surface area contributed by atoms with E-state index in [0.717, 1.165) is 24.8 Å². The third-order valence-corrected chi connectivity index (χ3v) is 4.68. The van der Waals surface area contributed by atoms with Crippen molar-refractivity contribution in [3.63, 3.8) is 0 Å². The Bertz CT molecular complexity index is 580. The molecule has 2 atom stereocenters. The molecule has 0 saturated carbocycles. The van der Waals surface area contributed by atoms with E-state index in [1.54, 1.807) is 5.38 Å². The molecule has 3 N–H and O–H groups in total. The molecule has 0 spiro atoms. The molecule has 21 heavy (non-hydrogen) atoms. The van der Waals surface area contributed by atoms with Gasteiger partial charge in [0.2, 0.25) is 0 Å². The highest BCUT2D eigenvalue weighted by atomic mass is 32.1. The van der Waals surface area contributed by atoms with Crippen molar-refractivity contribution < 1.29 is 24.6 Å². The molecular weight excluding hydrogens is 294 g/mol. The van der Waals surface area contributed by atoms with Gasteiger partial charge in [0.05, 0.1) is 12.0 Å². The summed E-state index contributed by atoms with van der Waals surface area (Å²) in [6.07, 6.45) is 2.11. The van der Waals surface area contributed by atoms with E-state index in [0.29, 0.717) is 11.5 Å². The number of carbonyl (C=O) groups excluding carboxylic acids is 1. The number of aliphatic carboxylic acids is 2. The van der Waals surface area contributed by atoms with E-state index in [9.17, 15) is 14.4 Å². The molecule has 1 aromatic rings. The van der Waals surface area contributed by atoms with E-state index >= 15 is 0 Å². The second-order valence-corrected chi connectivity index (χ2v) is 6.33. The number of thiophene rings is 1. The zero-order valence-corrected chi connectivity index (χ0v) is 12.4. The minimum Gasteiger partial charge on any atom is -0.481 e. The molecule has 1 aliphatic carbocycles. The second kappa shape index (κ2) is 6.26. The number of carboxylic acids is 2. The first-order valence-electron chi connectivity index (χ1n) is 6.73. The molecule has 1 aromatic heterocycles. The van der Waals surface area contributed by atoms with Crippen LogP contribution in [0.4, 0.5) is 0 Å². The normalized spacial score (nSPS) is 18.6. The van der Waals surface area contributed by atoms with Gasteiger partial charge >= 0.3 is 11.9 Å². The van der Waals surface area contributed by atoms with Gasteiger partial charge in [0.15, 0.2) is 0 Å². The highest BCUT2D eigenvalue weighted by Crippen LogP contribution is 2.32. The van der Waals surface area contributed by atoms with E-state index in [1.807, 2.05) is 0 Å². The van der Waals surface area contributed by atoms with Crippen molar-refractivity contribution in [1.29, 1.82) is 0 Å². The quantitative estimate of drug-likeness (QED) is 0.765. The van der Waals surface area contributed by atoms with Crippen LogP contribution in [0.2, 0.25) is 0 Å². The first-order chi connectivity index (χ1) is 9.88. The topological polar surface area (TPSA) is 104 Å². The summed E-state index contributed by atoms with van der Waals surface area (Å²) in [6.45, 7) is 2.16. The van der Waals surface area contributed by atoms with Gasteiger partial charge in [-0.3, -0.25) is 9.59 Å². The summed E-state index contributed by atoms with van der Waals surface area (Å²) in [5.41, 5.74) is 1.47. The summed E-state index contributed by atoms with van der Waals surface area (Å²) < 4.78 is 0. The molecule has 114 valence electrons. The van der Waals surface area contributed by atoms with Gasteiger partial charge in [-0.25, -0.2) is 4.79 Å². The molecular formula is C14H17NO5S. The van der Waals surface area contributed by atoms with Crippen LogP contribution in [-0.4, -0.2) is 34.1 Å². The van der Waals surface area contributed by atoms with E-state index in [4.69, 9.17) is 10.2 Å². The summed E-state index contributed by atoms with van der Waals surface area (Å²) in [6, 6.07) is -1.41. The first kappa shape index (κ1) is 15.5. The summed E-state index contributed by atoms with van der Waals surface area (Å²) >= 11 is 1.51. The Balaban J connectivity index is 2.13. The Labute approximate surface area is 125 Å². The molecule has 0 fully saturated rings. The molecule has 1 unspecified atom stereocenters. The van der Waals surface area contributed by atoms with Gasteiger partial charge in [0, 0.05) is 10.3 Å². The first-order valence-corrected chi connectivity index (χ1v) is 7.61. The number of nitrogens with one attached hydrogen (secondary N) is 1. The number of fused-ring (bicyclic) bond motifs is 1. The highest BCUT2D eigenvalue weighted by molar-refractivity contribution is 7.10. The predicted octanol–water partition coefficient (Wildman–Crippen LogP) is 1.53. The number of amides is 1. The molecule has 2 rings (SSSR count). The number of rotatable bonds is 5. The molecule has 6 nitrogen and oxygen atoms in total. The summed E-state index contributed by atoms with van der Waals surface area (Å²) in [4.78, 5) is 35.0. The van der Waals surface area contributed by atoms with Crippen LogP contribution >= 0.6 is 11.3 Å². The Morgan fingerprint density at radius 3 is 2.76 bits per heavy atom. The Kier molecular flexibility index (Phi) is 4.62. The maximum Gasteiger partial charge on any atom is 0.326 e. The third kappa shape index (κ3) is 3.60. The largest absolute Gasteiger partial charge is 0.481 e. The van der Waals surface area contributed by atoms with Gasteiger partial charge in [0.25, 0.3) is 5.91 Å². The van der Waals surface area contributed by atoms with Crippen LogP contribution in [0.15, 0.2) is 5.38 Å². The van der Waals surface area contributed by atoms with E-state index in [1.165, 1.54) is 16.2 Å². The second-order valence-electron chi connectivity index (χ2n) is 5.36. The number of hydrogen-bond donors (Lipinski definition) is 3. The van der Waals surface area contributed by atoms with Gasteiger partial charge in [-0.1, -0.05) is 6.92 Å². The lowest BCUT2D eigenvalue weighted by molar-refractivity contribution is -0.145. The molecule has 0 aliphatic heterocycles. The third-order valence-electron chi connectivity index (χ3n) is 3.63. The van der Waals surface area contributed by atoms with E-state index in [-0.39, 0.29) is 0 Å². The van der Waals surface area contributed by atoms with Gasteiger partial charge < -0.3 is 15.5 Å². The van der Waals surface area contributed by atoms with Gasteiger partial charge in [-0.15, -0.1) is 11.3 Å². The van der Waals surface area contributed by atoms with Gasteiger partial charge in [-0.05, 0) is 30.7 Å². The minimum absolute atomic E-state index is 0.485. The van der Waals surface area contributed by atoms with E-state index < -0.39 is 30.3 Å². The fourth-order valence-electron chi connectivity index (χ4n) is 2.48. The molecule has 0 saturated heterocycles. The molecule has 0 bridgehead atoms. The van der Waals surface area contributed by atoms with Gasteiger partial charge in [-0.2, -0.15) is 0 Å². The Morgan fingerprint density at radius 2 is 2.14 bits per heavy atom. The number of hydrogen-bond acceptors (Lipinski definition) is 4. The van der Waals surface area contributed by atoms with Crippen LogP contribution in [0, 0.1) is 5.92 Å². The van der Waals surface area contributed by atoms with Crippen molar-refractivity contribution in [2.24, 2.45) is 5.92 Å². The Morgan fingerprint density at radius 1 is 1.43 bits per heavy atom. The van der Waals surface area contributed by atoms with Crippen LogP contribution in [-0.2, 0) is 22.4 Å². The van der Waals surface area contributed by atoms with Crippen molar-refractivity contribution in [3.05, 3.63) is 21.4 Å². The monoisotopic (exact) mass is 311 g/mol.